The van der Waals surface area contributed by atoms with E-state index < -0.39 is 41.6 Å². The van der Waals surface area contributed by atoms with Crippen LogP contribution in [0, 0.1) is 5.92 Å². The Kier molecular flexibility index (Phi) is 9.84. The number of carbonyl (C=O) groups excluding carboxylic acids is 4. The molecule has 1 saturated carbocycles. The summed E-state index contributed by atoms with van der Waals surface area (Å²) in [4.78, 5) is 49.9. The molecule has 4 N–H and O–H groups in total. The van der Waals surface area contributed by atoms with Crippen molar-refractivity contribution in [3.8, 4) is 0 Å². The lowest BCUT2D eigenvalue weighted by atomic mass is 10.0. The van der Waals surface area contributed by atoms with Crippen LogP contribution in [0.2, 0.25) is 0 Å². The zero-order chi connectivity index (χ0) is 24.4. The second kappa shape index (κ2) is 12.3. The third kappa shape index (κ3) is 8.84. The van der Waals surface area contributed by atoms with Gasteiger partial charge in [0.15, 0.2) is 12.4 Å². The van der Waals surface area contributed by atoms with Gasteiger partial charge in [-0.25, -0.2) is 4.79 Å². The van der Waals surface area contributed by atoms with Gasteiger partial charge in [0.1, 0.15) is 11.6 Å². The molecule has 9 nitrogen and oxygen atoms in total. The molecule has 0 heterocycles. The summed E-state index contributed by atoms with van der Waals surface area (Å²) in [6, 6.07) is 7.33. The molecule has 0 bridgehead atoms. The summed E-state index contributed by atoms with van der Waals surface area (Å²) >= 11 is 0. The first-order valence-electron chi connectivity index (χ1n) is 11.4. The molecule has 1 aromatic carbocycles. The van der Waals surface area contributed by atoms with Crippen LogP contribution in [-0.2, 0) is 19.1 Å². The monoisotopic (exact) mass is 461 g/mol. The molecule has 3 atom stereocenters. The largest absolute Gasteiger partial charge is 0.457 e. The highest BCUT2D eigenvalue weighted by molar-refractivity contribution is 5.98. The van der Waals surface area contributed by atoms with Crippen LogP contribution >= 0.6 is 0 Å². The Morgan fingerprint density at radius 2 is 1.82 bits per heavy atom. The van der Waals surface area contributed by atoms with E-state index in [1.165, 1.54) is 0 Å². The minimum Gasteiger partial charge on any atom is -0.457 e. The molecule has 2 rings (SSSR count). The summed E-state index contributed by atoms with van der Waals surface area (Å²) in [6.45, 7) is 5.23. The molecule has 0 saturated heterocycles. The van der Waals surface area contributed by atoms with E-state index in [0.29, 0.717) is 37.8 Å². The zero-order valence-electron chi connectivity index (χ0n) is 19.6. The molecule has 1 aliphatic rings. The number of esters is 1. The number of ketones is 1. The van der Waals surface area contributed by atoms with E-state index in [4.69, 9.17) is 15.2 Å². The maximum Gasteiger partial charge on any atom is 0.408 e. The van der Waals surface area contributed by atoms with Gasteiger partial charge in [0, 0.05) is 11.6 Å². The fourth-order valence-corrected chi connectivity index (χ4v) is 3.69. The predicted octanol–water partition coefficient (Wildman–Crippen LogP) is 2.33. The molecule has 0 aliphatic heterocycles. The molecule has 9 heteroatoms. The lowest BCUT2D eigenvalue weighted by Gasteiger charge is -2.25. The number of amides is 2. The first kappa shape index (κ1) is 26.3. The van der Waals surface area contributed by atoms with E-state index in [-0.39, 0.29) is 12.4 Å². The topological polar surface area (TPSA) is 137 Å². The highest BCUT2D eigenvalue weighted by Gasteiger charge is 2.37. The van der Waals surface area contributed by atoms with Gasteiger partial charge in [-0.15, -0.1) is 0 Å². The molecule has 0 unspecified atom stereocenters. The van der Waals surface area contributed by atoms with E-state index in [0.717, 1.165) is 6.42 Å². The highest BCUT2D eigenvalue weighted by atomic mass is 16.6. The molecule has 0 spiro atoms. The van der Waals surface area contributed by atoms with Crippen molar-refractivity contribution in [2.45, 2.75) is 70.6 Å². The number of benzene rings is 1. The van der Waals surface area contributed by atoms with Crippen molar-refractivity contribution in [3.05, 3.63) is 35.9 Å². The van der Waals surface area contributed by atoms with Gasteiger partial charge in [-0.1, -0.05) is 36.8 Å². The van der Waals surface area contributed by atoms with E-state index in [1.54, 1.807) is 51.1 Å². The number of carbonyl (C=O) groups is 4. The predicted molar refractivity (Wildman–Crippen MR) is 122 cm³/mol. The van der Waals surface area contributed by atoms with Crippen LogP contribution in [0.25, 0.3) is 0 Å². The summed E-state index contributed by atoms with van der Waals surface area (Å²) in [5.74, 6) is -1.75. The van der Waals surface area contributed by atoms with Crippen LogP contribution in [-0.4, -0.2) is 54.6 Å². The van der Waals surface area contributed by atoms with E-state index in [2.05, 4.69) is 10.6 Å². The van der Waals surface area contributed by atoms with Crippen LogP contribution in [0.1, 0.15) is 63.2 Å². The molecule has 2 amide bonds. The molecular formula is C24H35N3O6. The number of nitrogens with one attached hydrogen (secondary N) is 2. The number of rotatable bonds is 10. The molecule has 0 aromatic heterocycles. The Hall–Kier alpha value is -2.94. The number of alkyl carbamates (subject to hydrolysis) is 1. The molecular weight excluding hydrogens is 426 g/mol. The zero-order valence-corrected chi connectivity index (χ0v) is 19.6. The number of hydrogen-bond donors (Lipinski definition) is 3. The Balaban J connectivity index is 1.93. The summed E-state index contributed by atoms with van der Waals surface area (Å²) in [7, 11) is 0. The fraction of sp³-hybridized carbons (Fsp3) is 0.583. The second-order valence-corrected chi connectivity index (χ2v) is 9.18. The van der Waals surface area contributed by atoms with Crippen LogP contribution in [0.4, 0.5) is 4.79 Å². The van der Waals surface area contributed by atoms with Crippen molar-refractivity contribution < 1.29 is 28.7 Å². The maximum absolute atomic E-state index is 12.9. The number of Topliss-reactive ketones (excluding diaryl/α,β-unsaturated/α-hetero) is 1. The fourth-order valence-electron chi connectivity index (χ4n) is 3.69. The van der Waals surface area contributed by atoms with Crippen molar-refractivity contribution in [3.63, 3.8) is 0 Å². The number of ether oxygens (including phenoxy) is 2. The lowest BCUT2D eigenvalue weighted by molar-refractivity contribution is -0.148. The molecule has 1 fully saturated rings. The first-order chi connectivity index (χ1) is 15.6. The van der Waals surface area contributed by atoms with Gasteiger partial charge >= 0.3 is 12.1 Å². The van der Waals surface area contributed by atoms with Gasteiger partial charge in [-0.3, -0.25) is 14.4 Å². The maximum atomic E-state index is 12.9. The Labute approximate surface area is 194 Å². The van der Waals surface area contributed by atoms with Crippen molar-refractivity contribution in [2.75, 3.05) is 13.2 Å². The summed E-state index contributed by atoms with van der Waals surface area (Å²) in [5.41, 5.74) is 5.34. The normalized spacial score (nSPS) is 18.8. The standard InChI is InChI=1S/C24H35N3O6/c1-24(2,3)33-23(31)27-19(13-8-14-25)21(29)26-18-12-7-11-17(18)22(30)32-15-20(28)16-9-5-4-6-10-16/h4-6,9-10,17-19H,7-8,11-15,25H2,1-3H3,(H,26,29)(H,27,31)/t17-,18+,19+/m1/s1. The van der Waals surface area contributed by atoms with Gasteiger partial charge in [0.2, 0.25) is 5.91 Å². The van der Waals surface area contributed by atoms with Crippen LogP contribution in [0.5, 0.6) is 0 Å². The number of nitrogens with two attached hydrogens (primary N) is 1. The summed E-state index contributed by atoms with van der Waals surface area (Å²) < 4.78 is 10.5. The van der Waals surface area contributed by atoms with E-state index >= 15 is 0 Å². The van der Waals surface area contributed by atoms with E-state index in [1.807, 2.05) is 0 Å². The summed E-state index contributed by atoms with van der Waals surface area (Å²) in [6.07, 6.45) is 2.08. The van der Waals surface area contributed by atoms with Crippen LogP contribution in [0.3, 0.4) is 0 Å². The average molecular weight is 462 g/mol. The second-order valence-electron chi connectivity index (χ2n) is 9.18. The minimum atomic E-state index is -0.833. The van der Waals surface area contributed by atoms with Crippen molar-refractivity contribution in [1.29, 1.82) is 0 Å². The third-order valence-corrected chi connectivity index (χ3v) is 5.29. The van der Waals surface area contributed by atoms with Gasteiger partial charge in [0.25, 0.3) is 0 Å². The summed E-state index contributed by atoms with van der Waals surface area (Å²) in [5, 5.41) is 5.47. The Bertz CT molecular complexity index is 821. The molecule has 33 heavy (non-hydrogen) atoms. The SMILES string of the molecule is CC(C)(C)OC(=O)N[C@@H](CCCN)C(=O)N[C@H]1CCC[C@H]1C(=O)OCC(=O)c1ccccc1. The van der Waals surface area contributed by atoms with Crippen LogP contribution < -0.4 is 16.4 Å². The average Bonchev–Trinajstić information content (AvgIpc) is 3.22. The minimum absolute atomic E-state index is 0.286. The highest BCUT2D eigenvalue weighted by Crippen LogP contribution is 2.27. The molecule has 1 aliphatic carbocycles. The van der Waals surface area contributed by atoms with Gasteiger partial charge < -0.3 is 25.8 Å². The van der Waals surface area contributed by atoms with Gasteiger partial charge in [-0.05, 0) is 53.0 Å². The quantitative estimate of drug-likeness (QED) is 0.359. The van der Waals surface area contributed by atoms with Crippen molar-refractivity contribution in [2.24, 2.45) is 11.7 Å². The van der Waals surface area contributed by atoms with Crippen LogP contribution in [0.15, 0.2) is 30.3 Å². The van der Waals surface area contributed by atoms with E-state index in [9.17, 15) is 19.2 Å². The lowest BCUT2D eigenvalue weighted by Crippen LogP contribution is -2.52. The van der Waals surface area contributed by atoms with Gasteiger partial charge in [0.05, 0.1) is 5.92 Å². The smallest absolute Gasteiger partial charge is 0.408 e. The first-order valence-corrected chi connectivity index (χ1v) is 11.4. The Morgan fingerprint density at radius 1 is 1.12 bits per heavy atom. The Morgan fingerprint density at radius 3 is 2.45 bits per heavy atom. The molecule has 182 valence electrons. The van der Waals surface area contributed by atoms with Gasteiger partial charge in [-0.2, -0.15) is 0 Å². The molecule has 0 radical (unpaired) electrons. The van der Waals surface area contributed by atoms with Crippen molar-refractivity contribution in [1.82, 2.24) is 10.6 Å². The third-order valence-electron chi connectivity index (χ3n) is 5.29. The molecule has 1 aromatic rings. The van der Waals surface area contributed by atoms with Crippen molar-refractivity contribution >= 4 is 23.8 Å². The number of hydrogen-bond acceptors (Lipinski definition) is 7.